The van der Waals surface area contributed by atoms with Gasteiger partial charge >= 0.3 is 11.9 Å². The van der Waals surface area contributed by atoms with Crippen LogP contribution in [0.5, 0.6) is 0 Å². The molecule has 0 amide bonds. The van der Waals surface area contributed by atoms with E-state index in [2.05, 4.69) is 0 Å². The molecular formula is C18H18O5. The Labute approximate surface area is 134 Å². The van der Waals surface area contributed by atoms with Gasteiger partial charge in [-0.25, -0.2) is 9.59 Å². The fraction of sp³-hybridized carbons (Fsp3) is 0.222. The average Bonchev–Trinajstić information content (AvgIpc) is 2.61. The van der Waals surface area contributed by atoms with Crippen molar-refractivity contribution >= 4 is 11.9 Å². The maximum atomic E-state index is 11.7. The number of hydrogen-bond donors (Lipinski definition) is 0. The van der Waals surface area contributed by atoms with Gasteiger partial charge in [0.1, 0.15) is 0 Å². The van der Waals surface area contributed by atoms with Crippen molar-refractivity contribution in [1.82, 2.24) is 0 Å². The number of rotatable bonds is 6. The van der Waals surface area contributed by atoms with E-state index >= 15 is 0 Å². The van der Waals surface area contributed by atoms with Crippen LogP contribution in [0.4, 0.5) is 0 Å². The number of esters is 2. The van der Waals surface area contributed by atoms with Crippen molar-refractivity contribution in [2.24, 2.45) is 0 Å². The minimum atomic E-state index is -0.404. The third-order valence-electron chi connectivity index (χ3n) is 3.36. The zero-order valence-corrected chi connectivity index (χ0v) is 13.1. The number of hydrogen-bond acceptors (Lipinski definition) is 5. The molecule has 0 bridgehead atoms. The van der Waals surface area contributed by atoms with E-state index in [1.165, 1.54) is 14.2 Å². The molecule has 23 heavy (non-hydrogen) atoms. The molecule has 120 valence electrons. The maximum absolute atomic E-state index is 11.7. The molecule has 0 spiro atoms. The van der Waals surface area contributed by atoms with Crippen molar-refractivity contribution in [3.63, 3.8) is 0 Å². The van der Waals surface area contributed by atoms with E-state index < -0.39 is 11.9 Å². The third-order valence-corrected chi connectivity index (χ3v) is 3.36. The van der Waals surface area contributed by atoms with Gasteiger partial charge in [0.15, 0.2) is 0 Å². The Hall–Kier alpha value is -2.66. The minimum absolute atomic E-state index is 0.237. The van der Waals surface area contributed by atoms with Gasteiger partial charge in [-0.2, -0.15) is 0 Å². The summed E-state index contributed by atoms with van der Waals surface area (Å²) in [7, 11) is 2.68. The van der Waals surface area contributed by atoms with Crippen LogP contribution in [0.25, 0.3) is 0 Å². The molecule has 2 aromatic carbocycles. The van der Waals surface area contributed by atoms with E-state index in [0.717, 1.165) is 11.1 Å². The highest BCUT2D eigenvalue weighted by molar-refractivity contribution is 5.91. The Kier molecular flexibility index (Phi) is 5.88. The highest BCUT2D eigenvalue weighted by Gasteiger charge is 2.13. The molecule has 0 radical (unpaired) electrons. The molecule has 2 rings (SSSR count). The van der Waals surface area contributed by atoms with E-state index in [0.29, 0.717) is 11.1 Å². The summed E-state index contributed by atoms with van der Waals surface area (Å²) in [6.07, 6.45) is 0. The van der Waals surface area contributed by atoms with E-state index in [-0.39, 0.29) is 13.2 Å². The van der Waals surface area contributed by atoms with E-state index in [1.54, 1.807) is 36.4 Å². The van der Waals surface area contributed by atoms with Crippen molar-refractivity contribution in [1.29, 1.82) is 0 Å². The molecule has 0 saturated carbocycles. The lowest BCUT2D eigenvalue weighted by Gasteiger charge is -2.10. The summed E-state index contributed by atoms with van der Waals surface area (Å²) in [6.45, 7) is 0.474. The molecule has 0 saturated heterocycles. The zero-order valence-electron chi connectivity index (χ0n) is 13.1. The Morgan fingerprint density at radius 1 is 0.739 bits per heavy atom. The van der Waals surface area contributed by atoms with Crippen molar-refractivity contribution in [2.45, 2.75) is 13.2 Å². The first-order valence-electron chi connectivity index (χ1n) is 7.07. The average molecular weight is 314 g/mol. The van der Waals surface area contributed by atoms with E-state index in [9.17, 15) is 9.59 Å². The van der Waals surface area contributed by atoms with E-state index in [4.69, 9.17) is 14.2 Å². The molecule has 0 N–H and O–H groups in total. The number of carbonyl (C=O) groups is 2. The Morgan fingerprint density at radius 3 is 1.52 bits per heavy atom. The minimum Gasteiger partial charge on any atom is -0.465 e. The highest BCUT2D eigenvalue weighted by Crippen LogP contribution is 2.15. The molecule has 0 aliphatic rings. The van der Waals surface area contributed by atoms with Gasteiger partial charge in [-0.05, 0) is 23.3 Å². The Balaban J connectivity index is 2.07. The summed E-state index contributed by atoms with van der Waals surface area (Å²) in [5.74, 6) is -0.807. The molecule has 0 unspecified atom stereocenters. The van der Waals surface area contributed by atoms with Gasteiger partial charge in [-0.3, -0.25) is 0 Å². The number of benzene rings is 2. The largest absolute Gasteiger partial charge is 0.465 e. The maximum Gasteiger partial charge on any atom is 0.338 e. The molecule has 5 nitrogen and oxygen atoms in total. The fourth-order valence-electron chi connectivity index (χ4n) is 2.18. The van der Waals surface area contributed by atoms with Crippen LogP contribution in [0, 0.1) is 0 Å². The quantitative estimate of drug-likeness (QED) is 0.767. The van der Waals surface area contributed by atoms with Crippen LogP contribution in [0.15, 0.2) is 48.5 Å². The highest BCUT2D eigenvalue weighted by atomic mass is 16.5. The first-order chi connectivity index (χ1) is 11.2. The fourth-order valence-corrected chi connectivity index (χ4v) is 2.18. The summed E-state index contributed by atoms with van der Waals surface area (Å²) in [5.41, 5.74) is 2.40. The molecule has 0 heterocycles. The second-order valence-corrected chi connectivity index (χ2v) is 4.79. The zero-order chi connectivity index (χ0) is 16.7. The lowest BCUT2D eigenvalue weighted by atomic mass is 10.1. The smallest absolute Gasteiger partial charge is 0.338 e. The van der Waals surface area contributed by atoms with Crippen LogP contribution in [-0.2, 0) is 27.4 Å². The molecule has 0 fully saturated rings. The van der Waals surface area contributed by atoms with Gasteiger partial charge in [0.2, 0.25) is 0 Å². The topological polar surface area (TPSA) is 61.8 Å². The van der Waals surface area contributed by atoms with Crippen LogP contribution >= 0.6 is 0 Å². The van der Waals surface area contributed by atoms with Gasteiger partial charge in [-0.15, -0.1) is 0 Å². The second-order valence-electron chi connectivity index (χ2n) is 4.79. The normalized spacial score (nSPS) is 10.2. The first-order valence-corrected chi connectivity index (χ1v) is 7.07. The molecule has 0 aliphatic carbocycles. The van der Waals surface area contributed by atoms with Crippen LogP contribution in [-0.4, -0.2) is 26.2 Å². The number of ether oxygens (including phenoxy) is 3. The van der Waals surface area contributed by atoms with Gasteiger partial charge in [0, 0.05) is 0 Å². The standard InChI is InChI=1S/C18H18O5/c1-21-17(19)15-9-5-3-7-13(15)11-23-12-14-8-4-6-10-16(14)18(20)22-2/h3-10H,11-12H2,1-2H3. The van der Waals surface area contributed by atoms with E-state index in [1.807, 2.05) is 12.1 Å². The SMILES string of the molecule is COC(=O)c1ccccc1COCc1ccccc1C(=O)OC. The second kappa shape index (κ2) is 8.10. The summed E-state index contributed by atoms with van der Waals surface area (Å²) >= 11 is 0. The Morgan fingerprint density at radius 2 is 1.13 bits per heavy atom. The van der Waals surface area contributed by atoms with Gasteiger partial charge in [-0.1, -0.05) is 36.4 Å². The van der Waals surface area contributed by atoms with Crippen molar-refractivity contribution in [2.75, 3.05) is 14.2 Å². The predicted octanol–water partition coefficient (Wildman–Crippen LogP) is 2.98. The monoisotopic (exact) mass is 314 g/mol. The third kappa shape index (κ3) is 4.17. The van der Waals surface area contributed by atoms with Gasteiger partial charge < -0.3 is 14.2 Å². The molecule has 2 aromatic rings. The van der Waals surface area contributed by atoms with Crippen molar-refractivity contribution in [3.05, 3.63) is 70.8 Å². The molecular weight excluding hydrogens is 296 g/mol. The first kappa shape index (κ1) is 16.7. The molecule has 0 atom stereocenters. The van der Waals surface area contributed by atoms with Crippen LogP contribution in [0.2, 0.25) is 0 Å². The van der Waals surface area contributed by atoms with Gasteiger partial charge in [0.25, 0.3) is 0 Å². The summed E-state index contributed by atoms with van der Waals surface area (Å²) in [4.78, 5) is 23.4. The molecule has 0 aromatic heterocycles. The summed E-state index contributed by atoms with van der Waals surface area (Å²) in [6, 6.07) is 14.2. The van der Waals surface area contributed by atoms with Crippen LogP contribution in [0.1, 0.15) is 31.8 Å². The van der Waals surface area contributed by atoms with Gasteiger partial charge in [0.05, 0.1) is 38.6 Å². The lowest BCUT2D eigenvalue weighted by Crippen LogP contribution is -2.09. The summed E-state index contributed by atoms with van der Waals surface area (Å²) < 4.78 is 15.2. The predicted molar refractivity (Wildman–Crippen MR) is 84.1 cm³/mol. The van der Waals surface area contributed by atoms with Crippen molar-refractivity contribution in [3.8, 4) is 0 Å². The molecule has 5 heteroatoms. The Bertz CT molecular complexity index is 634. The number of carbonyl (C=O) groups excluding carboxylic acids is 2. The van der Waals surface area contributed by atoms with Crippen molar-refractivity contribution < 1.29 is 23.8 Å². The number of methoxy groups -OCH3 is 2. The lowest BCUT2D eigenvalue weighted by molar-refractivity contribution is 0.0589. The summed E-state index contributed by atoms with van der Waals surface area (Å²) in [5, 5.41) is 0. The van der Waals surface area contributed by atoms with Crippen LogP contribution < -0.4 is 0 Å². The van der Waals surface area contributed by atoms with Crippen LogP contribution in [0.3, 0.4) is 0 Å². The molecule has 0 aliphatic heterocycles.